The molecule has 1 aliphatic heterocycles. The smallest absolute Gasteiger partial charge is 0.263 e. The van der Waals surface area contributed by atoms with E-state index in [2.05, 4.69) is 10.0 Å². The summed E-state index contributed by atoms with van der Waals surface area (Å²) >= 11 is 6.11. The molecule has 1 aliphatic rings. The molecule has 1 saturated heterocycles. The largest absolute Gasteiger partial charge is 0.494 e. The predicted octanol–water partition coefficient (Wildman–Crippen LogP) is 3.45. The molecule has 0 bridgehead atoms. The number of ether oxygens (including phenoxy) is 2. The molecule has 2 aromatic rings. The second kappa shape index (κ2) is 9.47. The molecular weight excluding hydrogens is 416 g/mol. The molecule has 3 rings (SSSR count). The van der Waals surface area contributed by atoms with Gasteiger partial charge in [-0.05, 0) is 62.2 Å². The van der Waals surface area contributed by atoms with E-state index in [1.165, 1.54) is 18.2 Å². The van der Waals surface area contributed by atoms with Gasteiger partial charge in [-0.1, -0.05) is 11.6 Å². The third kappa shape index (κ3) is 5.62. The van der Waals surface area contributed by atoms with Gasteiger partial charge in [0.25, 0.3) is 15.9 Å². The monoisotopic (exact) mass is 438 g/mol. The standard InChI is InChI=1S/C20H23ClN2O5S/c1-2-27-16-8-6-15(7-9-16)23-29(25,26)19-12-14(5-10-18(19)21)20(24)22-13-17-4-3-11-28-17/h5-10,12,17,23H,2-4,11,13H2,1H3,(H,22,24)/t17-/m0/s1. The quantitative estimate of drug-likeness (QED) is 0.658. The molecule has 2 N–H and O–H groups in total. The molecule has 9 heteroatoms. The summed E-state index contributed by atoms with van der Waals surface area (Å²) in [4.78, 5) is 12.2. The Morgan fingerprint density at radius 3 is 2.66 bits per heavy atom. The minimum Gasteiger partial charge on any atom is -0.494 e. The lowest BCUT2D eigenvalue weighted by Gasteiger charge is -2.13. The van der Waals surface area contributed by atoms with Crippen molar-refractivity contribution in [2.45, 2.75) is 30.8 Å². The number of hydrogen-bond donors (Lipinski definition) is 2. The first-order chi connectivity index (χ1) is 13.9. The fourth-order valence-electron chi connectivity index (χ4n) is 2.96. The highest BCUT2D eigenvalue weighted by atomic mass is 35.5. The molecule has 7 nitrogen and oxygen atoms in total. The highest BCUT2D eigenvalue weighted by Crippen LogP contribution is 2.26. The Hall–Kier alpha value is -2.29. The molecule has 0 aliphatic carbocycles. The first kappa shape index (κ1) is 21.4. The van der Waals surface area contributed by atoms with Crippen LogP contribution in [0.1, 0.15) is 30.1 Å². The van der Waals surface area contributed by atoms with E-state index in [-0.39, 0.29) is 27.5 Å². The van der Waals surface area contributed by atoms with E-state index in [4.69, 9.17) is 21.1 Å². The Morgan fingerprint density at radius 2 is 2.00 bits per heavy atom. The van der Waals surface area contributed by atoms with Gasteiger partial charge in [0.1, 0.15) is 10.6 Å². The summed E-state index contributed by atoms with van der Waals surface area (Å²) in [5, 5.41) is 2.80. The minimum absolute atomic E-state index is 0.00391. The summed E-state index contributed by atoms with van der Waals surface area (Å²) in [6, 6.07) is 10.7. The van der Waals surface area contributed by atoms with Crippen molar-refractivity contribution in [2.75, 3.05) is 24.5 Å². The summed E-state index contributed by atoms with van der Waals surface area (Å²) in [5.41, 5.74) is 0.567. The zero-order valence-electron chi connectivity index (χ0n) is 16.0. The van der Waals surface area contributed by atoms with E-state index >= 15 is 0 Å². The molecule has 1 atom stereocenters. The van der Waals surface area contributed by atoms with Gasteiger partial charge in [0.05, 0.1) is 17.7 Å². The average molecular weight is 439 g/mol. The van der Waals surface area contributed by atoms with E-state index in [9.17, 15) is 13.2 Å². The highest BCUT2D eigenvalue weighted by Gasteiger charge is 2.22. The Labute approximate surface area is 175 Å². The van der Waals surface area contributed by atoms with Crippen LogP contribution in [0.2, 0.25) is 5.02 Å². The van der Waals surface area contributed by atoms with Crippen molar-refractivity contribution in [1.29, 1.82) is 0 Å². The summed E-state index contributed by atoms with van der Waals surface area (Å²) in [7, 11) is -3.98. The van der Waals surface area contributed by atoms with Crippen LogP contribution >= 0.6 is 11.6 Å². The molecule has 2 aromatic carbocycles. The summed E-state index contributed by atoms with van der Waals surface area (Å²) in [6.07, 6.45) is 1.86. The van der Waals surface area contributed by atoms with Crippen LogP contribution < -0.4 is 14.8 Å². The van der Waals surface area contributed by atoms with Crippen molar-refractivity contribution >= 4 is 33.2 Å². The molecule has 0 saturated carbocycles. The minimum atomic E-state index is -3.98. The third-order valence-corrected chi connectivity index (χ3v) is 6.28. The highest BCUT2D eigenvalue weighted by molar-refractivity contribution is 7.92. The third-order valence-electron chi connectivity index (χ3n) is 4.41. The topological polar surface area (TPSA) is 93.7 Å². The van der Waals surface area contributed by atoms with Crippen LogP contribution in [0.3, 0.4) is 0 Å². The average Bonchev–Trinajstić information content (AvgIpc) is 3.21. The van der Waals surface area contributed by atoms with Gasteiger partial charge < -0.3 is 14.8 Å². The maximum atomic E-state index is 12.8. The van der Waals surface area contributed by atoms with Crippen molar-refractivity contribution in [3.63, 3.8) is 0 Å². The van der Waals surface area contributed by atoms with E-state index in [1.54, 1.807) is 24.3 Å². The van der Waals surface area contributed by atoms with E-state index < -0.39 is 10.0 Å². The number of hydrogen-bond acceptors (Lipinski definition) is 5. The van der Waals surface area contributed by atoms with E-state index in [0.717, 1.165) is 12.8 Å². The van der Waals surface area contributed by atoms with Gasteiger partial charge in [-0.3, -0.25) is 9.52 Å². The first-order valence-corrected chi connectivity index (χ1v) is 11.2. The molecule has 0 aromatic heterocycles. The fourth-order valence-corrected chi connectivity index (χ4v) is 4.55. The van der Waals surface area contributed by atoms with Gasteiger partial charge in [-0.25, -0.2) is 8.42 Å². The number of carbonyl (C=O) groups is 1. The number of rotatable bonds is 8. The SMILES string of the molecule is CCOc1ccc(NS(=O)(=O)c2cc(C(=O)NC[C@@H]3CCCO3)ccc2Cl)cc1. The van der Waals surface area contributed by atoms with Crippen LogP contribution in [0.15, 0.2) is 47.4 Å². The molecule has 1 heterocycles. The number of anilines is 1. The summed E-state index contributed by atoms with van der Waals surface area (Å²) < 4.78 is 38.9. The van der Waals surface area contributed by atoms with Gasteiger partial charge in [-0.15, -0.1) is 0 Å². The number of halogens is 1. The van der Waals surface area contributed by atoms with Crippen LogP contribution in [0, 0.1) is 0 Å². The van der Waals surface area contributed by atoms with Crippen molar-refractivity contribution < 1.29 is 22.7 Å². The lowest BCUT2D eigenvalue weighted by atomic mass is 10.2. The van der Waals surface area contributed by atoms with Crippen molar-refractivity contribution in [3.8, 4) is 5.75 Å². The summed E-state index contributed by atoms with van der Waals surface area (Å²) in [5.74, 6) is 0.257. The lowest BCUT2D eigenvalue weighted by Crippen LogP contribution is -2.31. The Bertz CT molecular complexity index is 957. The van der Waals surface area contributed by atoms with Crippen LogP contribution in [-0.4, -0.2) is 40.2 Å². The Balaban J connectivity index is 1.73. The molecule has 0 radical (unpaired) electrons. The van der Waals surface area contributed by atoms with Gasteiger partial charge >= 0.3 is 0 Å². The van der Waals surface area contributed by atoms with Crippen molar-refractivity contribution in [2.24, 2.45) is 0 Å². The second-order valence-electron chi connectivity index (χ2n) is 6.55. The van der Waals surface area contributed by atoms with Crippen LogP contribution in [-0.2, 0) is 14.8 Å². The summed E-state index contributed by atoms with van der Waals surface area (Å²) in [6.45, 7) is 3.46. The van der Waals surface area contributed by atoms with Gasteiger partial charge in [-0.2, -0.15) is 0 Å². The molecule has 29 heavy (non-hydrogen) atoms. The molecule has 0 unspecified atom stereocenters. The number of benzene rings is 2. The normalized spacial score (nSPS) is 16.4. The second-order valence-corrected chi connectivity index (χ2v) is 8.61. The van der Waals surface area contributed by atoms with Crippen molar-refractivity contribution in [1.82, 2.24) is 5.32 Å². The maximum absolute atomic E-state index is 12.8. The lowest BCUT2D eigenvalue weighted by molar-refractivity contribution is 0.0857. The molecule has 156 valence electrons. The van der Waals surface area contributed by atoms with Crippen LogP contribution in [0.4, 0.5) is 5.69 Å². The Morgan fingerprint density at radius 1 is 1.24 bits per heavy atom. The van der Waals surface area contributed by atoms with Crippen molar-refractivity contribution in [3.05, 3.63) is 53.1 Å². The number of nitrogens with one attached hydrogen (secondary N) is 2. The van der Waals surface area contributed by atoms with E-state index in [0.29, 0.717) is 31.2 Å². The van der Waals surface area contributed by atoms with Crippen LogP contribution in [0.5, 0.6) is 5.75 Å². The van der Waals surface area contributed by atoms with E-state index in [1.807, 2.05) is 6.92 Å². The number of carbonyl (C=O) groups excluding carboxylic acids is 1. The molecule has 1 amide bonds. The number of amides is 1. The zero-order chi connectivity index (χ0) is 20.9. The molecule has 0 spiro atoms. The van der Waals surface area contributed by atoms with Gasteiger partial charge in [0, 0.05) is 24.4 Å². The zero-order valence-corrected chi connectivity index (χ0v) is 17.6. The van der Waals surface area contributed by atoms with Gasteiger partial charge in [0.2, 0.25) is 0 Å². The Kier molecular flexibility index (Phi) is 7.00. The molecular formula is C20H23ClN2O5S. The van der Waals surface area contributed by atoms with Gasteiger partial charge in [0.15, 0.2) is 0 Å². The van der Waals surface area contributed by atoms with Crippen LogP contribution in [0.25, 0.3) is 0 Å². The predicted molar refractivity (Wildman–Crippen MR) is 111 cm³/mol. The first-order valence-electron chi connectivity index (χ1n) is 9.34. The molecule has 1 fully saturated rings. The number of sulfonamides is 1. The maximum Gasteiger partial charge on any atom is 0.263 e. The fraction of sp³-hybridized carbons (Fsp3) is 0.350.